The van der Waals surface area contributed by atoms with Crippen molar-refractivity contribution in [3.05, 3.63) is 32.8 Å². The molecule has 0 aliphatic carbocycles. The first-order valence-electron chi connectivity index (χ1n) is 5.36. The number of nitrogens with zero attached hydrogens (tertiary/aromatic N) is 1. The molecule has 1 aromatic carbocycles. The van der Waals surface area contributed by atoms with E-state index in [9.17, 15) is 10.1 Å². The largest absolute Gasteiger partial charge is 0.381 e. The maximum Gasteiger partial charge on any atom is 0.288 e. The number of hydrogen-bond donors (Lipinski definition) is 1. The summed E-state index contributed by atoms with van der Waals surface area (Å²) in [6, 6.07) is 3.61. The molecule has 1 heterocycles. The van der Waals surface area contributed by atoms with Gasteiger partial charge in [0.25, 0.3) is 5.69 Å². The number of aryl methyl sites for hydroxylation is 1. The summed E-state index contributed by atoms with van der Waals surface area (Å²) in [4.78, 5) is 10.3. The fourth-order valence-electron chi connectivity index (χ4n) is 1.83. The third-order valence-corrected chi connectivity index (χ3v) is 4.25. The van der Waals surface area contributed by atoms with Gasteiger partial charge in [0.05, 0.1) is 4.92 Å². The van der Waals surface area contributed by atoms with Crippen molar-refractivity contribution in [2.45, 2.75) is 19.4 Å². The molecule has 1 unspecified atom stereocenters. The van der Waals surface area contributed by atoms with Gasteiger partial charge in [-0.25, -0.2) is 0 Å². The third kappa shape index (κ3) is 2.84. The molecule has 17 heavy (non-hydrogen) atoms. The van der Waals surface area contributed by atoms with Gasteiger partial charge in [-0.3, -0.25) is 10.1 Å². The molecule has 0 aromatic heterocycles. The highest BCUT2D eigenvalue weighted by molar-refractivity contribution is 7.99. The summed E-state index contributed by atoms with van der Waals surface area (Å²) in [5.41, 5.74) is 1.72. The lowest BCUT2D eigenvalue weighted by molar-refractivity contribution is -0.384. The summed E-state index contributed by atoms with van der Waals surface area (Å²) < 4.78 is 0. The minimum atomic E-state index is -0.454. The Morgan fingerprint density at radius 3 is 2.94 bits per heavy atom. The van der Waals surface area contributed by atoms with E-state index in [0.29, 0.717) is 6.04 Å². The normalized spacial score (nSPS) is 19.3. The number of nitrogens with one attached hydrogen (secondary N) is 1. The molecule has 1 fully saturated rings. The quantitative estimate of drug-likeness (QED) is 0.676. The molecule has 0 amide bonds. The zero-order valence-electron chi connectivity index (χ0n) is 9.40. The molecule has 1 saturated heterocycles. The van der Waals surface area contributed by atoms with E-state index < -0.39 is 4.92 Å². The van der Waals surface area contributed by atoms with Gasteiger partial charge >= 0.3 is 0 Å². The zero-order valence-corrected chi connectivity index (χ0v) is 11.0. The van der Waals surface area contributed by atoms with E-state index in [0.717, 1.165) is 29.2 Å². The Kier molecular flexibility index (Phi) is 3.79. The van der Waals surface area contributed by atoms with Gasteiger partial charge in [0.1, 0.15) is 5.02 Å². The molecule has 1 N–H and O–H groups in total. The van der Waals surface area contributed by atoms with E-state index in [4.69, 9.17) is 11.6 Å². The maximum absolute atomic E-state index is 10.7. The Labute approximate surface area is 109 Å². The van der Waals surface area contributed by atoms with Crippen molar-refractivity contribution < 1.29 is 4.92 Å². The predicted octanol–water partition coefficient (Wildman–Crippen LogP) is 3.47. The van der Waals surface area contributed by atoms with Crippen LogP contribution < -0.4 is 5.32 Å². The number of benzene rings is 1. The Morgan fingerprint density at radius 2 is 2.35 bits per heavy atom. The van der Waals surface area contributed by atoms with E-state index >= 15 is 0 Å². The highest BCUT2D eigenvalue weighted by Gasteiger charge is 2.19. The number of hydrogen-bond acceptors (Lipinski definition) is 4. The van der Waals surface area contributed by atoms with Crippen LogP contribution in [0.2, 0.25) is 5.02 Å². The average Bonchev–Trinajstić information content (AvgIpc) is 2.75. The maximum atomic E-state index is 10.7. The zero-order chi connectivity index (χ0) is 12.4. The van der Waals surface area contributed by atoms with Crippen LogP contribution in [0.5, 0.6) is 0 Å². The second-order valence-corrected chi connectivity index (χ2v) is 5.64. The van der Waals surface area contributed by atoms with Gasteiger partial charge in [0.15, 0.2) is 0 Å². The minimum absolute atomic E-state index is 0.0319. The van der Waals surface area contributed by atoms with E-state index in [1.54, 1.807) is 6.07 Å². The summed E-state index contributed by atoms with van der Waals surface area (Å²) in [5, 5.41) is 14.3. The summed E-state index contributed by atoms with van der Waals surface area (Å²) in [5.74, 6) is 2.24. The number of halogens is 1. The summed E-state index contributed by atoms with van der Waals surface area (Å²) in [6.45, 7) is 1.85. The van der Waals surface area contributed by atoms with Gasteiger partial charge in [0, 0.05) is 23.5 Å². The van der Waals surface area contributed by atoms with Crippen LogP contribution in [0.4, 0.5) is 11.4 Å². The number of nitro groups is 1. The molecule has 92 valence electrons. The van der Waals surface area contributed by atoms with Gasteiger partial charge < -0.3 is 5.32 Å². The molecule has 1 aromatic rings. The number of nitro benzene ring substituents is 1. The Morgan fingerprint density at radius 1 is 1.59 bits per heavy atom. The fraction of sp³-hybridized carbons (Fsp3) is 0.455. The molecule has 0 bridgehead atoms. The molecule has 0 spiro atoms. The highest BCUT2D eigenvalue weighted by Crippen LogP contribution is 2.32. The van der Waals surface area contributed by atoms with E-state index in [2.05, 4.69) is 5.32 Å². The first-order valence-corrected chi connectivity index (χ1v) is 6.90. The van der Waals surface area contributed by atoms with Crippen LogP contribution in [0.25, 0.3) is 0 Å². The SMILES string of the molecule is Cc1cc([N+](=O)[O-])c(Cl)cc1NC1CCSC1. The second-order valence-electron chi connectivity index (χ2n) is 4.08. The molecular formula is C11H13ClN2O2S. The minimum Gasteiger partial charge on any atom is -0.381 e. The Bertz CT molecular complexity index is 447. The van der Waals surface area contributed by atoms with Crippen molar-refractivity contribution in [2.24, 2.45) is 0 Å². The number of anilines is 1. The standard InChI is InChI=1S/C11H13ClN2O2S/c1-7-4-11(14(15)16)9(12)5-10(7)13-8-2-3-17-6-8/h4-5,8,13H,2-3,6H2,1H3. The fourth-order valence-corrected chi connectivity index (χ4v) is 3.21. The van der Waals surface area contributed by atoms with Crippen LogP contribution >= 0.6 is 23.4 Å². The summed E-state index contributed by atoms with van der Waals surface area (Å²) in [6.07, 6.45) is 1.12. The van der Waals surface area contributed by atoms with Gasteiger partial charge in [0.2, 0.25) is 0 Å². The van der Waals surface area contributed by atoms with Crippen molar-refractivity contribution in [3.8, 4) is 0 Å². The topological polar surface area (TPSA) is 55.2 Å². The second kappa shape index (κ2) is 5.14. The molecule has 1 aliphatic rings. The molecule has 1 atom stereocenters. The third-order valence-electron chi connectivity index (χ3n) is 2.78. The lowest BCUT2D eigenvalue weighted by Crippen LogP contribution is -2.18. The monoisotopic (exact) mass is 272 g/mol. The highest BCUT2D eigenvalue weighted by atomic mass is 35.5. The molecule has 4 nitrogen and oxygen atoms in total. The average molecular weight is 273 g/mol. The van der Waals surface area contributed by atoms with Crippen molar-refractivity contribution >= 4 is 34.7 Å². The smallest absolute Gasteiger partial charge is 0.288 e. The van der Waals surface area contributed by atoms with Gasteiger partial charge in [-0.1, -0.05) is 11.6 Å². The van der Waals surface area contributed by atoms with E-state index in [1.165, 1.54) is 6.07 Å². The number of thioether (sulfide) groups is 1. The molecule has 6 heteroatoms. The van der Waals surface area contributed by atoms with Gasteiger partial charge in [-0.15, -0.1) is 0 Å². The van der Waals surface area contributed by atoms with Crippen molar-refractivity contribution in [1.82, 2.24) is 0 Å². The molecular weight excluding hydrogens is 260 g/mol. The molecule has 2 rings (SSSR count). The van der Waals surface area contributed by atoms with E-state index in [-0.39, 0.29) is 10.7 Å². The molecule has 0 radical (unpaired) electrons. The van der Waals surface area contributed by atoms with Crippen LogP contribution in [-0.2, 0) is 0 Å². The summed E-state index contributed by atoms with van der Waals surface area (Å²) >= 11 is 7.81. The van der Waals surface area contributed by atoms with Crippen molar-refractivity contribution in [2.75, 3.05) is 16.8 Å². The van der Waals surface area contributed by atoms with Crippen LogP contribution in [0.3, 0.4) is 0 Å². The molecule has 0 saturated carbocycles. The van der Waals surface area contributed by atoms with Crippen LogP contribution in [0.15, 0.2) is 12.1 Å². The van der Waals surface area contributed by atoms with Crippen molar-refractivity contribution in [3.63, 3.8) is 0 Å². The summed E-state index contributed by atoms with van der Waals surface area (Å²) in [7, 11) is 0. The van der Waals surface area contributed by atoms with Gasteiger partial charge in [-0.2, -0.15) is 11.8 Å². The number of rotatable bonds is 3. The van der Waals surface area contributed by atoms with Gasteiger partial charge in [-0.05, 0) is 30.7 Å². The van der Waals surface area contributed by atoms with Crippen LogP contribution in [-0.4, -0.2) is 22.5 Å². The first kappa shape index (κ1) is 12.5. The lowest BCUT2D eigenvalue weighted by atomic mass is 10.1. The van der Waals surface area contributed by atoms with Crippen LogP contribution in [0.1, 0.15) is 12.0 Å². The first-order chi connectivity index (χ1) is 8.08. The predicted molar refractivity (Wildman–Crippen MR) is 72.2 cm³/mol. The Hall–Kier alpha value is -0.940. The molecule has 1 aliphatic heterocycles. The van der Waals surface area contributed by atoms with Crippen molar-refractivity contribution in [1.29, 1.82) is 0 Å². The Balaban J connectivity index is 2.23. The van der Waals surface area contributed by atoms with E-state index in [1.807, 2.05) is 18.7 Å². The van der Waals surface area contributed by atoms with Crippen LogP contribution in [0, 0.1) is 17.0 Å². The lowest BCUT2D eigenvalue weighted by Gasteiger charge is -2.15.